The third-order valence-electron chi connectivity index (χ3n) is 3.93. The highest BCUT2D eigenvalue weighted by Crippen LogP contribution is 2.45. The second-order valence-corrected chi connectivity index (χ2v) is 5.71. The third-order valence-corrected chi connectivity index (χ3v) is 4.49. The summed E-state index contributed by atoms with van der Waals surface area (Å²) in [5.41, 5.74) is 5.78. The zero-order valence-electron chi connectivity index (χ0n) is 12.8. The molecule has 0 atom stereocenters. The predicted octanol–water partition coefficient (Wildman–Crippen LogP) is 5.26. The Morgan fingerprint density at radius 1 is 0.727 bits per heavy atom. The number of hydrogen-bond donors (Lipinski definition) is 3. The molecule has 0 fully saturated rings. The number of benzene rings is 2. The fraction of sp³-hybridized carbons (Fsp3) is 0.250. The molecule has 0 N–H and O–H groups in total. The van der Waals surface area contributed by atoms with Gasteiger partial charge >= 0.3 is 0 Å². The van der Waals surface area contributed by atoms with Gasteiger partial charge in [0.2, 0.25) is 0 Å². The highest BCUT2D eigenvalue weighted by Gasteiger charge is 2.21. The summed E-state index contributed by atoms with van der Waals surface area (Å²) in [5, 5.41) is 0. The molecule has 0 saturated heterocycles. The van der Waals surface area contributed by atoms with Crippen molar-refractivity contribution in [2.75, 3.05) is 0 Å². The van der Waals surface area contributed by atoms with Gasteiger partial charge in [0.1, 0.15) is 17.2 Å². The number of rotatable bonds is 4. The predicted molar refractivity (Wildman–Crippen MR) is 99.7 cm³/mol. The number of thiol groups is 3. The molecule has 0 saturated carbocycles. The zero-order valence-corrected chi connectivity index (χ0v) is 15.5. The van der Waals surface area contributed by atoms with E-state index in [1.807, 2.05) is 45.9 Å². The third kappa shape index (κ3) is 2.87. The molecule has 0 radical (unpaired) electrons. The van der Waals surface area contributed by atoms with Crippen LogP contribution >= 0.6 is 38.7 Å². The van der Waals surface area contributed by atoms with Crippen molar-refractivity contribution in [3.8, 4) is 28.4 Å². The molecule has 0 aliphatic rings. The van der Waals surface area contributed by atoms with Crippen LogP contribution in [0.5, 0.6) is 17.2 Å². The first-order chi connectivity index (χ1) is 10.5. The van der Waals surface area contributed by atoms with Gasteiger partial charge in [-0.2, -0.15) is 0 Å². The Kier molecular flexibility index (Phi) is 5.47. The lowest BCUT2D eigenvalue weighted by atomic mass is 9.92. The molecule has 2 aromatic carbocycles. The molecular weight excluding hydrogens is 336 g/mol. The molecule has 0 unspecified atom stereocenters. The Labute approximate surface area is 147 Å². The molecule has 0 bridgehead atoms. The van der Waals surface area contributed by atoms with E-state index in [1.165, 1.54) is 0 Å². The minimum absolute atomic E-state index is 0.714. The van der Waals surface area contributed by atoms with Crippen molar-refractivity contribution >= 4 is 38.7 Å². The second kappa shape index (κ2) is 6.98. The maximum atomic E-state index is 5.36. The molecular formula is C16H18O3S3. The van der Waals surface area contributed by atoms with Gasteiger partial charge in [-0.3, -0.25) is 0 Å². The highest BCUT2D eigenvalue weighted by atomic mass is 32.1. The molecule has 6 heteroatoms. The Morgan fingerprint density at radius 3 is 1.82 bits per heavy atom. The summed E-state index contributed by atoms with van der Waals surface area (Å²) >= 11 is 11.9. The first kappa shape index (κ1) is 17.2. The molecule has 0 aliphatic carbocycles. The van der Waals surface area contributed by atoms with Crippen LogP contribution in [0.1, 0.15) is 22.3 Å². The van der Waals surface area contributed by atoms with Crippen molar-refractivity contribution in [2.45, 2.75) is 27.7 Å². The molecule has 0 spiro atoms. The molecule has 3 nitrogen and oxygen atoms in total. The monoisotopic (exact) mass is 354 g/mol. The first-order valence-electron chi connectivity index (χ1n) is 6.65. The second-order valence-electron chi connectivity index (χ2n) is 5.16. The van der Waals surface area contributed by atoms with Gasteiger partial charge in [-0.25, -0.2) is 0 Å². The van der Waals surface area contributed by atoms with E-state index in [2.05, 4.69) is 38.7 Å². The van der Waals surface area contributed by atoms with Crippen LogP contribution < -0.4 is 12.5 Å². The molecule has 0 aliphatic heterocycles. The summed E-state index contributed by atoms with van der Waals surface area (Å²) in [6.07, 6.45) is 0. The molecule has 0 amide bonds. The Hall–Kier alpha value is -1.11. The van der Waals surface area contributed by atoms with Crippen LogP contribution in [-0.2, 0) is 0 Å². The summed E-state index contributed by atoms with van der Waals surface area (Å²) in [7, 11) is 0. The van der Waals surface area contributed by atoms with Gasteiger partial charge < -0.3 is 12.5 Å². The van der Waals surface area contributed by atoms with E-state index < -0.39 is 0 Å². The summed E-state index contributed by atoms with van der Waals surface area (Å²) < 4.78 is 15.6. The summed E-state index contributed by atoms with van der Waals surface area (Å²) in [5.74, 6) is 2.16. The maximum absolute atomic E-state index is 5.36. The van der Waals surface area contributed by atoms with E-state index in [0.29, 0.717) is 11.5 Å². The summed E-state index contributed by atoms with van der Waals surface area (Å²) in [6, 6.07) is 5.84. The first-order valence-corrected chi connectivity index (χ1v) is 7.74. The van der Waals surface area contributed by atoms with Crippen molar-refractivity contribution in [1.29, 1.82) is 0 Å². The van der Waals surface area contributed by atoms with E-state index in [0.717, 1.165) is 39.1 Å². The standard InChI is InChI=1S/C16H18O3S3/c1-8-7-12(5-6-13(8)17-20)14-11(4)15(18-21)9(2)10(3)16(14)19-22/h5-7,20-22H,1-4H3. The van der Waals surface area contributed by atoms with Gasteiger partial charge in [-0.05, 0) is 62.1 Å². The van der Waals surface area contributed by atoms with E-state index in [4.69, 9.17) is 12.5 Å². The van der Waals surface area contributed by atoms with Crippen LogP contribution in [0, 0.1) is 27.7 Å². The number of hydrogen-bond acceptors (Lipinski definition) is 6. The van der Waals surface area contributed by atoms with E-state index >= 15 is 0 Å². The fourth-order valence-electron chi connectivity index (χ4n) is 2.60. The van der Waals surface area contributed by atoms with Crippen LogP contribution in [0.15, 0.2) is 18.2 Å². The molecule has 22 heavy (non-hydrogen) atoms. The van der Waals surface area contributed by atoms with Crippen LogP contribution in [0.3, 0.4) is 0 Å². The largest absolute Gasteiger partial charge is 0.429 e. The van der Waals surface area contributed by atoms with Crippen molar-refractivity contribution < 1.29 is 12.5 Å². The SMILES string of the molecule is Cc1cc(-c2c(C)c(OS)c(C)c(C)c2OS)ccc1OS. The fourth-order valence-corrected chi connectivity index (χ4v) is 3.31. The normalized spacial score (nSPS) is 10.5. The van der Waals surface area contributed by atoms with Crippen LogP contribution in [-0.4, -0.2) is 0 Å². The lowest BCUT2D eigenvalue weighted by Gasteiger charge is -2.20. The average Bonchev–Trinajstić information content (AvgIpc) is 2.51. The summed E-state index contributed by atoms with van der Waals surface area (Å²) in [4.78, 5) is 0. The van der Waals surface area contributed by atoms with Crippen LogP contribution in [0.2, 0.25) is 0 Å². The van der Waals surface area contributed by atoms with Gasteiger partial charge in [-0.15, -0.1) is 0 Å². The van der Waals surface area contributed by atoms with Crippen molar-refractivity contribution in [3.63, 3.8) is 0 Å². The van der Waals surface area contributed by atoms with E-state index in [1.54, 1.807) is 0 Å². The van der Waals surface area contributed by atoms with Crippen molar-refractivity contribution in [1.82, 2.24) is 0 Å². The molecule has 2 rings (SSSR count). The van der Waals surface area contributed by atoms with Crippen molar-refractivity contribution in [2.24, 2.45) is 0 Å². The van der Waals surface area contributed by atoms with Gasteiger partial charge in [0.05, 0.1) is 0 Å². The van der Waals surface area contributed by atoms with Gasteiger partial charge in [0.25, 0.3) is 0 Å². The maximum Gasteiger partial charge on any atom is 0.148 e. The van der Waals surface area contributed by atoms with Crippen LogP contribution in [0.25, 0.3) is 11.1 Å². The Bertz CT molecular complexity index is 715. The van der Waals surface area contributed by atoms with Crippen molar-refractivity contribution in [3.05, 3.63) is 40.5 Å². The lowest BCUT2D eigenvalue weighted by molar-refractivity contribution is 0.625. The molecule has 118 valence electrons. The molecule has 0 aromatic heterocycles. The minimum Gasteiger partial charge on any atom is -0.429 e. The number of aryl methyl sites for hydroxylation is 1. The Morgan fingerprint density at radius 2 is 1.32 bits per heavy atom. The van der Waals surface area contributed by atoms with Gasteiger partial charge in [0.15, 0.2) is 0 Å². The highest BCUT2D eigenvalue weighted by molar-refractivity contribution is 7.75. The lowest BCUT2D eigenvalue weighted by Crippen LogP contribution is -1.98. The topological polar surface area (TPSA) is 27.7 Å². The quantitative estimate of drug-likeness (QED) is 0.517. The minimum atomic E-state index is 0.714. The molecule has 2 aromatic rings. The van der Waals surface area contributed by atoms with E-state index in [9.17, 15) is 0 Å². The zero-order chi connectivity index (χ0) is 16.4. The summed E-state index contributed by atoms with van der Waals surface area (Å²) in [6.45, 7) is 7.87. The van der Waals surface area contributed by atoms with Crippen LogP contribution in [0.4, 0.5) is 0 Å². The van der Waals surface area contributed by atoms with Gasteiger partial charge in [-0.1, -0.05) is 6.07 Å². The average molecular weight is 355 g/mol. The van der Waals surface area contributed by atoms with Gasteiger partial charge in [0, 0.05) is 49.9 Å². The van der Waals surface area contributed by atoms with E-state index in [-0.39, 0.29) is 0 Å². The smallest absolute Gasteiger partial charge is 0.148 e. The molecule has 0 heterocycles. The Balaban J connectivity index is 2.79.